The van der Waals surface area contributed by atoms with Crippen molar-refractivity contribution >= 4 is 27.6 Å². The molecule has 1 aliphatic heterocycles. The maximum absolute atomic E-state index is 12.5. The molecule has 2 N–H and O–H groups in total. The number of piperidine rings is 1. The summed E-state index contributed by atoms with van der Waals surface area (Å²) in [7, 11) is 0.546. The van der Waals surface area contributed by atoms with Crippen molar-refractivity contribution in [3.8, 4) is 5.75 Å². The van der Waals surface area contributed by atoms with Crippen LogP contribution in [0.15, 0.2) is 23.1 Å². The third-order valence-corrected chi connectivity index (χ3v) is 6.77. The Morgan fingerprint density at radius 1 is 1.24 bits per heavy atom. The highest BCUT2D eigenvalue weighted by Crippen LogP contribution is 2.28. The van der Waals surface area contributed by atoms with Crippen LogP contribution in [0.4, 0.5) is 5.69 Å². The lowest BCUT2D eigenvalue weighted by Crippen LogP contribution is -3.14. The number of likely N-dealkylation sites (tertiary alicyclic amines) is 1. The predicted octanol–water partition coefficient (Wildman–Crippen LogP) is -0.258. The normalized spacial score (nSPS) is 19.6. The van der Waals surface area contributed by atoms with Gasteiger partial charge in [-0.3, -0.25) is 9.59 Å². The number of esters is 1. The number of ether oxygens (including phenoxy) is 2. The summed E-state index contributed by atoms with van der Waals surface area (Å²) in [4.78, 5) is 25.3. The molecule has 0 aliphatic carbocycles. The van der Waals surface area contributed by atoms with Crippen molar-refractivity contribution in [2.45, 2.75) is 24.7 Å². The fourth-order valence-electron chi connectivity index (χ4n) is 3.28. The van der Waals surface area contributed by atoms with E-state index in [1.807, 2.05) is 0 Å². The second kappa shape index (κ2) is 10.0. The smallest absolute Gasteiger partial charge is 0.309 e. The molecule has 10 heteroatoms. The molecule has 9 nitrogen and oxygen atoms in total. The largest absolute Gasteiger partial charge is 0.495 e. The number of nitrogens with one attached hydrogen (secondary N) is 2. The number of benzene rings is 1. The van der Waals surface area contributed by atoms with Gasteiger partial charge in [0.15, 0.2) is 6.54 Å². The molecule has 0 saturated carbocycles. The first-order chi connectivity index (χ1) is 13.7. The van der Waals surface area contributed by atoms with Crippen molar-refractivity contribution in [2.24, 2.45) is 5.92 Å². The maximum Gasteiger partial charge on any atom is 0.309 e. The number of carbonyl (C=O) groups is 2. The molecule has 1 saturated heterocycles. The van der Waals surface area contributed by atoms with Crippen LogP contribution >= 0.6 is 0 Å². The summed E-state index contributed by atoms with van der Waals surface area (Å²) in [5, 5.41) is 2.76. The van der Waals surface area contributed by atoms with E-state index < -0.39 is 10.0 Å². The number of rotatable bonds is 8. The summed E-state index contributed by atoms with van der Waals surface area (Å²) in [5.74, 6) is -0.262. The Hall–Kier alpha value is -2.17. The Labute approximate surface area is 172 Å². The lowest BCUT2D eigenvalue weighted by molar-refractivity contribution is -0.897. The van der Waals surface area contributed by atoms with Crippen LogP contribution in [0.5, 0.6) is 5.75 Å². The molecule has 1 aliphatic rings. The van der Waals surface area contributed by atoms with Crippen molar-refractivity contribution in [1.29, 1.82) is 0 Å². The zero-order valence-corrected chi connectivity index (χ0v) is 18.2. The highest BCUT2D eigenvalue weighted by molar-refractivity contribution is 7.89. The molecular weight excluding hydrogens is 398 g/mol. The van der Waals surface area contributed by atoms with Crippen LogP contribution < -0.4 is 15.0 Å². The third kappa shape index (κ3) is 5.91. The number of methoxy groups -OCH3 is 1. The Morgan fingerprint density at radius 2 is 1.90 bits per heavy atom. The summed E-state index contributed by atoms with van der Waals surface area (Å²) in [5.41, 5.74) is 0.386. The van der Waals surface area contributed by atoms with Crippen LogP contribution in [0.1, 0.15) is 19.8 Å². The van der Waals surface area contributed by atoms with Crippen LogP contribution in [0, 0.1) is 5.92 Å². The number of hydrogen-bond acceptors (Lipinski definition) is 6. The van der Waals surface area contributed by atoms with Crippen LogP contribution in [-0.4, -0.2) is 72.0 Å². The molecule has 0 atom stereocenters. The predicted molar refractivity (Wildman–Crippen MR) is 107 cm³/mol. The fraction of sp³-hybridized carbons (Fsp3) is 0.579. The van der Waals surface area contributed by atoms with Gasteiger partial charge in [0, 0.05) is 32.6 Å². The summed E-state index contributed by atoms with van der Waals surface area (Å²) in [6.45, 7) is 3.83. The molecule has 0 unspecified atom stereocenters. The van der Waals surface area contributed by atoms with Crippen molar-refractivity contribution in [2.75, 3.05) is 52.8 Å². The van der Waals surface area contributed by atoms with Gasteiger partial charge in [0.1, 0.15) is 10.6 Å². The SMILES string of the molecule is CCOC(=O)C1CC[NH+](CC(=O)Nc2ccc(OC)c(S(=O)(=O)N(C)C)c2)CC1. The number of amides is 1. The van der Waals surface area contributed by atoms with E-state index in [0.717, 1.165) is 9.21 Å². The summed E-state index contributed by atoms with van der Waals surface area (Å²) in [6, 6.07) is 4.52. The van der Waals surface area contributed by atoms with Gasteiger partial charge in [-0.05, 0) is 25.1 Å². The topological polar surface area (TPSA) is 106 Å². The maximum atomic E-state index is 12.5. The fourth-order valence-corrected chi connectivity index (χ4v) is 4.36. The van der Waals surface area contributed by atoms with E-state index >= 15 is 0 Å². The van der Waals surface area contributed by atoms with Crippen LogP contribution in [0.2, 0.25) is 0 Å². The summed E-state index contributed by atoms with van der Waals surface area (Å²) in [6.07, 6.45) is 1.38. The van der Waals surface area contributed by atoms with Crippen molar-refractivity contribution in [1.82, 2.24) is 4.31 Å². The van der Waals surface area contributed by atoms with E-state index in [9.17, 15) is 18.0 Å². The molecule has 1 heterocycles. The Kier molecular flexibility index (Phi) is 8.00. The van der Waals surface area contributed by atoms with Crippen LogP contribution in [-0.2, 0) is 24.3 Å². The molecule has 2 rings (SSSR count). The van der Waals surface area contributed by atoms with Gasteiger partial charge in [0.05, 0.1) is 32.7 Å². The van der Waals surface area contributed by atoms with Gasteiger partial charge in [-0.1, -0.05) is 0 Å². The first-order valence-electron chi connectivity index (χ1n) is 9.59. The standard InChI is InChI=1S/C19H29N3O6S/c1-5-28-19(24)14-8-10-22(11-9-14)13-18(23)20-15-6-7-16(27-4)17(12-15)29(25,26)21(2)3/h6-7,12,14H,5,8-11,13H2,1-4H3,(H,20,23)/p+1. The summed E-state index contributed by atoms with van der Waals surface area (Å²) < 4.78 is 36.3. The molecule has 1 amide bonds. The van der Waals surface area contributed by atoms with Gasteiger partial charge in [0.2, 0.25) is 10.0 Å². The van der Waals surface area contributed by atoms with Gasteiger partial charge in [-0.15, -0.1) is 0 Å². The minimum atomic E-state index is -3.72. The molecule has 1 aromatic rings. The first kappa shape index (κ1) is 23.1. The molecular formula is C19H30N3O6S+. The number of quaternary nitrogens is 1. The van der Waals surface area contributed by atoms with E-state index in [4.69, 9.17) is 9.47 Å². The first-order valence-corrected chi connectivity index (χ1v) is 11.0. The van der Waals surface area contributed by atoms with Gasteiger partial charge in [-0.2, -0.15) is 0 Å². The van der Waals surface area contributed by atoms with Crippen LogP contribution in [0.3, 0.4) is 0 Å². The second-order valence-corrected chi connectivity index (χ2v) is 9.27. The number of sulfonamides is 1. The van der Waals surface area contributed by atoms with Crippen molar-refractivity contribution in [3.63, 3.8) is 0 Å². The minimum absolute atomic E-state index is 0.00889. The molecule has 0 bridgehead atoms. The average molecular weight is 429 g/mol. The Bertz CT molecular complexity index is 832. The molecule has 0 spiro atoms. The second-order valence-electron chi connectivity index (χ2n) is 7.15. The monoisotopic (exact) mass is 428 g/mol. The number of hydrogen-bond donors (Lipinski definition) is 2. The van der Waals surface area contributed by atoms with E-state index in [1.165, 1.54) is 33.3 Å². The number of anilines is 1. The zero-order chi connectivity index (χ0) is 21.6. The molecule has 29 heavy (non-hydrogen) atoms. The third-order valence-electron chi connectivity index (χ3n) is 4.93. The minimum Gasteiger partial charge on any atom is -0.495 e. The van der Waals surface area contributed by atoms with E-state index in [2.05, 4.69) is 5.32 Å². The van der Waals surface area contributed by atoms with Crippen LogP contribution in [0.25, 0.3) is 0 Å². The van der Waals surface area contributed by atoms with Gasteiger partial charge in [-0.25, -0.2) is 12.7 Å². The van der Waals surface area contributed by atoms with Gasteiger partial charge in [0.25, 0.3) is 5.91 Å². The zero-order valence-electron chi connectivity index (χ0n) is 17.4. The van der Waals surface area contributed by atoms with Crippen molar-refractivity contribution in [3.05, 3.63) is 18.2 Å². The van der Waals surface area contributed by atoms with Gasteiger partial charge < -0.3 is 19.7 Å². The average Bonchev–Trinajstić information content (AvgIpc) is 2.68. The quantitative estimate of drug-likeness (QED) is 0.553. The lowest BCUT2D eigenvalue weighted by Gasteiger charge is -2.27. The molecule has 0 radical (unpaired) electrons. The number of carbonyl (C=O) groups excluding carboxylic acids is 2. The summed E-state index contributed by atoms with van der Waals surface area (Å²) >= 11 is 0. The highest BCUT2D eigenvalue weighted by atomic mass is 32.2. The Morgan fingerprint density at radius 3 is 2.45 bits per heavy atom. The molecule has 1 fully saturated rings. The molecule has 0 aromatic heterocycles. The van der Waals surface area contributed by atoms with E-state index in [-0.39, 0.29) is 35.0 Å². The van der Waals surface area contributed by atoms with E-state index in [0.29, 0.717) is 38.2 Å². The van der Waals surface area contributed by atoms with Crippen molar-refractivity contribution < 1.29 is 32.4 Å². The Balaban J connectivity index is 1.99. The molecule has 1 aromatic carbocycles. The highest BCUT2D eigenvalue weighted by Gasteiger charge is 2.29. The van der Waals surface area contributed by atoms with E-state index in [1.54, 1.807) is 13.0 Å². The molecule has 162 valence electrons. The number of nitrogens with zero attached hydrogens (tertiary/aromatic N) is 1. The lowest BCUT2D eigenvalue weighted by atomic mass is 9.97. The van der Waals surface area contributed by atoms with Gasteiger partial charge >= 0.3 is 5.97 Å².